The smallest absolute Gasteiger partial charge is 0.265 e. The fourth-order valence-electron chi connectivity index (χ4n) is 3.58. The first-order chi connectivity index (χ1) is 12.2. The number of fused-ring (bicyclic) bond motifs is 2. The molecule has 1 aromatic heterocycles. The minimum Gasteiger partial charge on any atom is -0.448 e. The molecule has 2 aliphatic rings. The van der Waals surface area contributed by atoms with Gasteiger partial charge in [-0.2, -0.15) is 0 Å². The molecule has 0 atom stereocenters. The summed E-state index contributed by atoms with van der Waals surface area (Å²) in [5, 5.41) is 4.05. The van der Waals surface area contributed by atoms with Gasteiger partial charge in [0.2, 0.25) is 0 Å². The van der Waals surface area contributed by atoms with E-state index in [1.54, 1.807) is 0 Å². The Kier molecular flexibility index (Phi) is 3.25. The Bertz CT molecular complexity index is 939. The molecule has 2 aromatic carbocycles. The molecule has 2 heterocycles. The molecule has 1 aliphatic carbocycles. The van der Waals surface area contributed by atoms with Crippen molar-refractivity contribution in [2.24, 2.45) is 0 Å². The summed E-state index contributed by atoms with van der Waals surface area (Å²) < 4.78 is 13.2. The summed E-state index contributed by atoms with van der Waals surface area (Å²) in [5.74, 6) is 0.907. The zero-order valence-electron chi connectivity index (χ0n) is 13.6. The fourth-order valence-corrected chi connectivity index (χ4v) is 4.53. The molecular formula is C20H17NO3S. The maximum atomic E-state index is 12.6. The molecule has 4 nitrogen and oxygen atoms in total. The largest absolute Gasteiger partial charge is 0.448 e. The van der Waals surface area contributed by atoms with E-state index in [1.807, 2.05) is 48.5 Å². The molecule has 5 heteroatoms. The third-order valence-corrected chi connectivity index (χ3v) is 5.92. The second kappa shape index (κ2) is 5.49. The Labute approximate surface area is 149 Å². The van der Waals surface area contributed by atoms with Crippen molar-refractivity contribution >= 4 is 33.0 Å². The quantitative estimate of drug-likeness (QED) is 0.691. The van der Waals surface area contributed by atoms with Crippen molar-refractivity contribution in [3.8, 4) is 11.5 Å². The van der Waals surface area contributed by atoms with Gasteiger partial charge >= 0.3 is 0 Å². The van der Waals surface area contributed by atoms with E-state index in [9.17, 15) is 4.79 Å². The van der Waals surface area contributed by atoms with Gasteiger partial charge < -0.3 is 14.8 Å². The van der Waals surface area contributed by atoms with Crippen molar-refractivity contribution in [3.05, 3.63) is 53.4 Å². The van der Waals surface area contributed by atoms with Crippen LogP contribution in [-0.2, 0) is 0 Å². The molecule has 3 aromatic rings. The van der Waals surface area contributed by atoms with Crippen molar-refractivity contribution in [1.82, 2.24) is 0 Å². The van der Waals surface area contributed by atoms with Crippen molar-refractivity contribution in [1.29, 1.82) is 0 Å². The maximum absolute atomic E-state index is 12.6. The van der Waals surface area contributed by atoms with Crippen molar-refractivity contribution in [2.45, 2.75) is 31.5 Å². The first-order valence-electron chi connectivity index (χ1n) is 8.53. The van der Waals surface area contributed by atoms with Gasteiger partial charge in [0, 0.05) is 29.3 Å². The number of rotatable bonds is 2. The van der Waals surface area contributed by atoms with E-state index in [0.29, 0.717) is 4.88 Å². The summed E-state index contributed by atoms with van der Waals surface area (Å²) in [6, 6.07) is 15.5. The monoisotopic (exact) mass is 351 g/mol. The minimum atomic E-state index is -0.476. The van der Waals surface area contributed by atoms with Crippen LogP contribution in [0.2, 0.25) is 0 Å². The minimum absolute atomic E-state index is 0.101. The molecule has 0 unspecified atom stereocenters. The topological polar surface area (TPSA) is 47.6 Å². The number of anilines is 1. The van der Waals surface area contributed by atoms with E-state index in [0.717, 1.165) is 53.0 Å². The Balaban J connectivity index is 1.37. The summed E-state index contributed by atoms with van der Waals surface area (Å²) in [6.07, 6.45) is 4.10. The van der Waals surface area contributed by atoms with Crippen LogP contribution in [0, 0.1) is 0 Å². The van der Waals surface area contributed by atoms with E-state index in [4.69, 9.17) is 9.47 Å². The molecule has 5 rings (SSSR count). The zero-order valence-corrected chi connectivity index (χ0v) is 14.4. The molecule has 1 spiro atoms. The van der Waals surface area contributed by atoms with Crippen LogP contribution in [0.5, 0.6) is 11.5 Å². The summed E-state index contributed by atoms with van der Waals surface area (Å²) in [6.45, 7) is 0. The molecule has 1 N–H and O–H groups in total. The number of ether oxygens (including phenoxy) is 2. The van der Waals surface area contributed by atoms with E-state index in [1.165, 1.54) is 11.3 Å². The molecule has 126 valence electrons. The van der Waals surface area contributed by atoms with E-state index in [2.05, 4.69) is 5.32 Å². The predicted molar refractivity (Wildman–Crippen MR) is 98.7 cm³/mol. The molecule has 25 heavy (non-hydrogen) atoms. The molecule has 1 saturated carbocycles. The number of benzene rings is 2. The average molecular weight is 351 g/mol. The molecule has 1 amide bonds. The molecule has 0 radical (unpaired) electrons. The van der Waals surface area contributed by atoms with Crippen LogP contribution in [0.15, 0.2) is 48.5 Å². The average Bonchev–Trinajstić information content (AvgIpc) is 3.32. The number of amides is 1. The Morgan fingerprint density at radius 2 is 1.80 bits per heavy atom. The number of hydrogen-bond acceptors (Lipinski definition) is 4. The van der Waals surface area contributed by atoms with Crippen LogP contribution in [0.1, 0.15) is 35.4 Å². The van der Waals surface area contributed by atoms with Crippen LogP contribution < -0.4 is 14.8 Å². The first-order valence-corrected chi connectivity index (χ1v) is 9.35. The Morgan fingerprint density at radius 1 is 1.00 bits per heavy atom. The summed E-state index contributed by atoms with van der Waals surface area (Å²) in [7, 11) is 0. The number of thiophene rings is 1. The lowest BCUT2D eigenvalue weighted by Crippen LogP contribution is -2.34. The van der Waals surface area contributed by atoms with Crippen molar-refractivity contribution in [2.75, 3.05) is 5.32 Å². The number of carbonyl (C=O) groups excluding carboxylic acids is 1. The molecule has 0 bridgehead atoms. The number of carbonyl (C=O) groups is 1. The van der Waals surface area contributed by atoms with Gasteiger partial charge in [0.05, 0.1) is 4.88 Å². The first kappa shape index (κ1) is 14.8. The lowest BCUT2D eigenvalue weighted by molar-refractivity contribution is -0.0716. The lowest BCUT2D eigenvalue weighted by atomic mass is 10.2. The normalized spacial score (nSPS) is 17.3. The number of nitrogens with one attached hydrogen (secondary N) is 1. The highest BCUT2D eigenvalue weighted by Crippen LogP contribution is 2.47. The zero-order chi connectivity index (χ0) is 16.9. The molecule has 1 fully saturated rings. The summed E-state index contributed by atoms with van der Waals surface area (Å²) in [4.78, 5) is 13.3. The van der Waals surface area contributed by atoms with Crippen molar-refractivity contribution < 1.29 is 14.3 Å². The van der Waals surface area contributed by atoms with Gasteiger partial charge in [-0.05, 0) is 42.5 Å². The van der Waals surface area contributed by atoms with Crippen molar-refractivity contribution in [3.63, 3.8) is 0 Å². The van der Waals surface area contributed by atoms with E-state index < -0.39 is 5.79 Å². The lowest BCUT2D eigenvalue weighted by Gasteiger charge is -2.21. The Morgan fingerprint density at radius 3 is 2.64 bits per heavy atom. The van der Waals surface area contributed by atoms with Crippen LogP contribution in [-0.4, -0.2) is 11.7 Å². The van der Waals surface area contributed by atoms with Crippen LogP contribution in [0.4, 0.5) is 5.69 Å². The third-order valence-electron chi connectivity index (χ3n) is 4.81. The van der Waals surface area contributed by atoms with Crippen LogP contribution >= 0.6 is 11.3 Å². The highest BCUT2D eigenvalue weighted by molar-refractivity contribution is 7.20. The third kappa shape index (κ3) is 2.55. The second-order valence-corrected chi connectivity index (χ2v) is 7.67. The highest BCUT2D eigenvalue weighted by Gasteiger charge is 2.44. The van der Waals surface area contributed by atoms with Gasteiger partial charge in [-0.15, -0.1) is 11.3 Å². The molecule has 0 saturated heterocycles. The SMILES string of the molecule is O=C(Nc1ccc2c(c1)OC1(CCCC1)O2)c1cc2ccccc2s1. The molecular weight excluding hydrogens is 334 g/mol. The van der Waals surface area contributed by atoms with Gasteiger partial charge in [-0.3, -0.25) is 4.79 Å². The predicted octanol–water partition coefficient (Wildman–Crippen LogP) is 5.20. The summed E-state index contributed by atoms with van der Waals surface area (Å²) >= 11 is 1.50. The number of hydrogen-bond donors (Lipinski definition) is 1. The highest BCUT2D eigenvalue weighted by atomic mass is 32.1. The Hall–Kier alpha value is -2.53. The van der Waals surface area contributed by atoms with Gasteiger partial charge in [0.25, 0.3) is 11.7 Å². The van der Waals surface area contributed by atoms with E-state index in [-0.39, 0.29) is 5.91 Å². The maximum Gasteiger partial charge on any atom is 0.265 e. The van der Waals surface area contributed by atoms with Gasteiger partial charge in [-0.1, -0.05) is 18.2 Å². The van der Waals surface area contributed by atoms with Gasteiger partial charge in [-0.25, -0.2) is 0 Å². The van der Waals surface area contributed by atoms with Crippen LogP contribution in [0.3, 0.4) is 0 Å². The fraction of sp³-hybridized carbons (Fsp3) is 0.250. The standard InChI is InChI=1S/C20H17NO3S/c22-19(18-11-13-5-1-2-6-17(13)25-18)21-14-7-8-15-16(12-14)24-20(23-15)9-3-4-10-20/h1-2,5-8,11-12H,3-4,9-10H2,(H,21,22). The van der Waals surface area contributed by atoms with E-state index >= 15 is 0 Å². The molecule has 1 aliphatic heterocycles. The van der Waals surface area contributed by atoms with Crippen LogP contribution in [0.25, 0.3) is 10.1 Å². The second-order valence-electron chi connectivity index (χ2n) is 6.59. The van der Waals surface area contributed by atoms with Gasteiger partial charge in [0.15, 0.2) is 11.5 Å². The van der Waals surface area contributed by atoms with Gasteiger partial charge in [0.1, 0.15) is 0 Å². The summed E-state index contributed by atoms with van der Waals surface area (Å²) in [5.41, 5.74) is 0.722.